The van der Waals surface area contributed by atoms with Crippen molar-refractivity contribution in [3.8, 4) is 11.8 Å². The molecule has 0 fully saturated rings. The minimum Gasteiger partial charge on any atom is -0.296 e. The van der Waals surface area contributed by atoms with Gasteiger partial charge in [0.25, 0.3) is 5.56 Å². The van der Waals surface area contributed by atoms with Crippen LogP contribution in [-0.2, 0) is 13.6 Å². The molecule has 0 aliphatic rings. The molecule has 0 radical (unpaired) electrons. The molecule has 1 heterocycles. The third-order valence-corrected chi connectivity index (χ3v) is 3.82. The summed E-state index contributed by atoms with van der Waals surface area (Å²) < 4.78 is 2.68. The first-order valence-corrected chi connectivity index (χ1v) is 7.46. The molecule has 1 aromatic carbocycles. The molecule has 5 nitrogen and oxygen atoms in total. The molecular formula is C17H21N3O2. The number of para-hydroxylation sites is 1. The minimum absolute atomic E-state index is 0.123. The van der Waals surface area contributed by atoms with Crippen LogP contribution in [0, 0.1) is 11.8 Å². The molecule has 0 unspecified atom stereocenters. The van der Waals surface area contributed by atoms with Crippen molar-refractivity contribution >= 4 is 10.9 Å². The fourth-order valence-corrected chi connectivity index (χ4v) is 2.35. The number of hydrogen-bond donors (Lipinski definition) is 0. The lowest BCUT2D eigenvalue weighted by molar-refractivity contribution is 0.342. The summed E-state index contributed by atoms with van der Waals surface area (Å²) in [6.07, 6.45) is 0. The molecule has 0 bridgehead atoms. The van der Waals surface area contributed by atoms with Gasteiger partial charge in [0.2, 0.25) is 0 Å². The lowest BCUT2D eigenvalue weighted by atomic mass is 10.2. The molecule has 0 aliphatic heterocycles. The summed E-state index contributed by atoms with van der Waals surface area (Å²) >= 11 is 0. The van der Waals surface area contributed by atoms with E-state index >= 15 is 0 Å². The van der Waals surface area contributed by atoms with Crippen LogP contribution in [0.25, 0.3) is 10.9 Å². The maximum atomic E-state index is 12.4. The van der Waals surface area contributed by atoms with E-state index in [1.807, 2.05) is 6.07 Å². The lowest BCUT2D eigenvalue weighted by Crippen LogP contribution is -2.38. The van der Waals surface area contributed by atoms with Gasteiger partial charge in [0.15, 0.2) is 0 Å². The maximum absolute atomic E-state index is 12.4. The molecule has 1 aromatic heterocycles. The van der Waals surface area contributed by atoms with Crippen LogP contribution in [-0.4, -0.2) is 33.7 Å². The van der Waals surface area contributed by atoms with Crippen LogP contribution < -0.4 is 11.2 Å². The smallest absolute Gasteiger partial charge is 0.296 e. The number of aryl methyl sites for hydroxylation is 1. The van der Waals surface area contributed by atoms with Crippen molar-refractivity contribution in [3.63, 3.8) is 0 Å². The normalized spacial score (nSPS) is 10.7. The topological polar surface area (TPSA) is 47.2 Å². The molecule has 0 saturated carbocycles. The average Bonchev–Trinajstić information content (AvgIpc) is 2.55. The molecule has 2 aromatic rings. The molecule has 0 aliphatic carbocycles. The molecule has 116 valence electrons. The molecule has 22 heavy (non-hydrogen) atoms. The van der Waals surface area contributed by atoms with E-state index in [1.54, 1.807) is 25.2 Å². The van der Waals surface area contributed by atoms with Crippen molar-refractivity contribution < 1.29 is 0 Å². The summed E-state index contributed by atoms with van der Waals surface area (Å²) in [5.41, 5.74) is 0.0292. The Bertz CT molecular complexity index is 833. The highest BCUT2D eigenvalue weighted by molar-refractivity contribution is 5.77. The standard InChI is InChI=1S/C17H21N3O2/c1-4-19(5-2)12-8-9-13-20-16(21)14-10-6-7-11-15(14)18(3)17(20)22/h6-7,10-11H,4-5,12-13H2,1-3H3. The third kappa shape index (κ3) is 3.12. The largest absolute Gasteiger partial charge is 0.332 e. The van der Waals surface area contributed by atoms with Gasteiger partial charge in [-0.25, -0.2) is 9.36 Å². The Morgan fingerprint density at radius 1 is 1.09 bits per heavy atom. The van der Waals surface area contributed by atoms with Crippen molar-refractivity contribution in [2.75, 3.05) is 19.6 Å². The maximum Gasteiger partial charge on any atom is 0.332 e. The van der Waals surface area contributed by atoms with Crippen LogP contribution in [0.4, 0.5) is 0 Å². The van der Waals surface area contributed by atoms with Gasteiger partial charge in [0, 0.05) is 7.05 Å². The van der Waals surface area contributed by atoms with Gasteiger partial charge in [-0.15, -0.1) is 0 Å². The predicted octanol–water partition coefficient (Wildman–Crippen LogP) is 1.05. The van der Waals surface area contributed by atoms with E-state index in [9.17, 15) is 9.59 Å². The highest BCUT2D eigenvalue weighted by Crippen LogP contribution is 2.05. The molecule has 2 rings (SSSR count). The van der Waals surface area contributed by atoms with Crippen LogP contribution >= 0.6 is 0 Å². The number of benzene rings is 1. The molecule has 0 atom stereocenters. The molecular weight excluding hydrogens is 278 g/mol. The van der Waals surface area contributed by atoms with Gasteiger partial charge < -0.3 is 0 Å². The average molecular weight is 299 g/mol. The van der Waals surface area contributed by atoms with E-state index in [2.05, 4.69) is 30.6 Å². The summed E-state index contributed by atoms with van der Waals surface area (Å²) in [7, 11) is 1.67. The Labute approximate surface area is 129 Å². The highest BCUT2D eigenvalue weighted by Gasteiger charge is 2.08. The van der Waals surface area contributed by atoms with Crippen LogP contribution in [0.1, 0.15) is 13.8 Å². The Morgan fingerprint density at radius 3 is 2.45 bits per heavy atom. The van der Waals surface area contributed by atoms with Crippen molar-refractivity contribution in [2.24, 2.45) is 7.05 Å². The summed E-state index contributed by atoms with van der Waals surface area (Å²) in [5.74, 6) is 5.96. The van der Waals surface area contributed by atoms with Gasteiger partial charge in [-0.05, 0) is 25.2 Å². The third-order valence-electron chi connectivity index (χ3n) is 3.82. The van der Waals surface area contributed by atoms with Crippen molar-refractivity contribution in [2.45, 2.75) is 20.4 Å². The second-order valence-electron chi connectivity index (χ2n) is 5.06. The van der Waals surface area contributed by atoms with Gasteiger partial charge in [0.05, 0.1) is 24.0 Å². The highest BCUT2D eigenvalue weighted by atomic mass is 16.2. The number of nitrogens with zero attached hydrogens (tertiary/aromatic N) is 3. The summed E-state index contributed by atoms with van der Waals surface area (Å²) in [6, 6.07) is 7.12. The second-order valence-corrected chi connectivity index (χ2v) is 5.06. The van der Waals surface area contributed by atoms with Gasteiger partial charge in [0.1, 0.15) is 0 Å². The van der Waals surface area contributed by atoms with Gasteiger partial charge in [-0.3, -0.25) is 14.3 Å². The van der Waals surface area contributed by atoms with Gasteiger partial charge >= 0.3 is 5.69 Å². The van der Waals surface area contributed by atoms with E-state index in [1.165, 1.54) is 9.13 Å². The SMILES string of the molecule is CCN(CC)CC#CCn1c(=O)c2ccccc2n(C)c1=O. The van der Waals surface area contributed by atoms with Crippen LogP contribution in [0.2, 0.25) is 0 Å². The fraction of sp³-hybridized carbons (Fsp3) is 0.412. The Balaban J connectivity index is 2.35. The molecule has 5 heteroatoms. The fourth-order valence-electron chi connectivity index (χ4n) is 2.35. The predicted molar refractivity (Wildman–Crippen MR) is 89.0 cm³/mol. The zero-order valence-corrected chi connectivity index (χ0v) is 13.3. The van der Waals surface area contributed by atoms with E-state index in [0.717, 1.165) is 13.1 Å². The van der Waals surface area contributed by atoms with Crippen molar-refractivity contribution in [3.05, 3.63) is 45.1 Å². The number of hydrogen-bond acceptors (Lipinski definition) is 3. The van der Waals surface area contributed by atoms with Crippen LogP contribution in [0.5, 0.6) is 0 Å². The number of rotatable bonds is 4. The quantitative estimate of drug-likeness (QED) is 0.793. The van der Waals surface area contributed by atoms with Crippen molar-refractivity contribution in [1.82, 2.24) is 14.0 Å². The van der Waals surface area contributed by atoms with Crippen LogP contribution in [0.3, 0.4) is 0 Å². The summed E-state index contributed by atoms with van der Waals surface area (Å²) in [5, 5.41) is 0.537. The molecule has 0 saturated heterocycles. The first-order chi connectivity index (χ1) is 10.6. The Kier molecular flexibility index (Phi) is 5.18. The van der Waals surface area contributed by atoms with Gasteiger partial charge in [-0.1, -0.05) is 37.8 Å². The van der Waals surface area contributed by atoms with E-state index in [4.69, 9.17) is 0 Å². The molecule has 0 spiro atoms. The number of aromatic nitrogens is 2. The zero-order valence-electron chi connectivity index (χ0n) is 13.3. The molecule has 0 N–H and O–H groups in total. The summed E-state index contributed by atoms with van der Waals surface area (Å²) in [6.45, 7) is 6.79. The Morgan fingerprint density at radius 2 is 1.77 bits per heavy atom. The number of fused-ring (bicyclic) bond motifs is 1. The first kappa shape index (κ1) is 16.1. The lowest BCUT2D eigenvalue weighted by Gasteiger charge is -2.13. The zero-order chi connectivity index (χ0) is 16.1. The molecule has 0 amide bonds. The second kappa shape index (κ2) is 7.10. The van der Waals surface area contributed by atoms with Crippen LogP contribution in [0.15, 0.2) is 33.9 Å². The Hall–Kier alpha value is -2.32. The van der Waals surface area contributed by atoms with Gasteiger partial charge in [-0.2, -0.15) is 0 Å². The van der Waals surface area contributed by atoms with E-state index < -0.39 is 0 Å². The monoisotopic (exact) mass is 299 g/mol. The van der Waals surface area contributed by atoms with Crippen molar-refractivity contribution in [1.29, 1.82) is 0 Å². The summed E-state index contributed by atoms with van der Waals surface area (Å²) in [4.78, 5) is 26.9. The van der Waals surface area contributed by atoms with E-state index in [-0.39, 0.29) is 17.8 Å². The van der Waals surface area contributed by atoms with E-state index in [0.29, 0.717) is 17.4 Å². The minimum atomic E-state index is -0.333. The first-order valence-electron chi connectivity index (χ1n) is 7.46.